The standard InChI is InChI=1S/C13H19ClN2O2/c14-11-7-5-6-10(12(11)15)13(18)16-8-3-1-2-4-9-17/h5-7,17H,1-4,8-9,15H2,(H,16,18). The Morgan fingerprint density at radius 3 is 2.72 bits per heavy atom. The topological polar surface area (TPSA) is 75.4 Å². The Morgan fingerprint density at radius 1 is 1.28 bits per heavy atom. The van der Waals surface area contributed by atoms with E-state index >= 15 is 0 Å². The van der Waals surface area contributed by atoms with Gasteiger partial charge in [0.15, 0.2) is 0 Å². The van der Waals surface area contributed by atoms with E-state index in [1.165, 1.54) is 0 Å². The van der Waals surface area contributed by atoms with E-state index < -0.39 is 0 Å². The van der Waals surface area contributed by atoms with E-state index in [4.69, 9.17) is 22.4 Å². The highest BCUT2D eigenvalue weighted by Crippen LogP contribution is 2.22. The van der Waals surface area contributed by atoms with Crippen LogP contribution in [0.5, 0.6) is 0 Å². The molecule has 4 N–H and O–H groups in total. The molecule has 0 radical (unpaired) electrons. The summed E-state index contributed by atoms with van der Waals surface area (Å²) in [7, 11) is 0. The number of unbranched alkanes of at least 4 members (excludes halogenated alkanes) is 3. The van der Waals surface area contributed by atoms with Gasteiger partial charge in [-0.2, -0.15) is 0 Å². The molecule has 0 aromatic heterocycles. The Kier molecular flexibility index (Phi) is 6.54. The van der Waals surface area contributed by atoms with Crippen LogP contribution in [0.4, 0.5) is 5.69 Å². The third-order valence-electron chi connectivity index (χ3n) is 2.67. The molecule has 18 heavy (non-hydrogen) atoms. The molecule has 0 spiro atoms. The summed E-state index contributed by atoms with van der Waals surface area (Å²) in [5.41, 5.74) is 6.46. The number of hydrogen-bond donors (Lipinski definition) is 3. The summed E-state index contributed by atoms with van der Waals surface area (Å²) < 4.78 is 0. The third kappa shape index (κ3) is 4.55. The number of nitrogens with one attached hydrogen (secondary N) is 1. The van der Waals surface area contributed by atoms with E-state index in [1.54, 1.807) is 18.2 Å². The Hall–Kier alpha value is -1.26. The van der Waals surface area contributed by atoms with E-state index in [2.05, 4.69) is 5.32 Å². The molecule has 1 rings (SSSR count). The number of para-hydroxylation sites is 1. The number of benzene rings is 1. The summed E-state index contributed by atoms with van der Waals surface area (Å²) in [5.74, 6) is -0.197. The van der Waals surface area contributed by atoms with E-state index in [0.717, 1.165) is 25.7 Å². The fourth-order valence-electron chi connectivity index (χ4n) is 1.62. The zero-order valence-corrected chi connectivity index (χ0v) is 11.0. The lowest BCUT2D eigenvalue weighted by Gasteiger charge is -2.08. The molecule has 0 aliphatic carbocycles. The molecular formula is C13H19ClN2O2. The van der Waals surface area contributed by atoms with Crippen LogP contribution in [0.1, 0.15) is 36.0 Å². The van der Waals surface area contributed by atoms with Gasteiger partial charge in [-0.25, -0.2) is 0 Å². The molecule has 0 aliphatic rings. The van der Waals surface area contributed by atoms with Gasteiger partial charge in [-0.1, -0.05) is 30.5 Å². The van der Waals surface area contributed by atoms with Crippen LogP contribution in [0, 0.1) is 0 Å². The summed E-state index contributed by atoms with van der Waals surface area (Å²) in [6, 6.07) is 5.01. The second kappa shape index (κ2) is 7.95. The summed E-state index contributed by atoms with van der Waals surface area (Å²) in [6.45, 7) is 0.835. The maximum absolute atomic E-state index is 11.8. The SMILES string of the molecule is Nc1c(Cl)cccc1C(=O)NCCCCCCO. The summed E-state index contributed by atoms with van der Waals surface area (Å²) in [5, 5.41) is 11.8. The molecule has 0 atom stereocenters. The molecule has 5 heteroatoms. The number of carbonyl (C=O) groups excluding carboxylic acids is 1. The van der Waals surface area contributed by atoms with Gasteiger partial charge >= 0.3 is 0 Å². The van der Waals surface area contributed by atoms with Crippen LogP contribution in [0.3, 0.4) is 0 Å². The van der Waals surface area contributed by atoms with Gasteiger partial charge in [0.05, 0.1) is 16.3 Å². The molecule has 1 aromatic carbocycles. The van der Waals surface area contributed by atoms with Gasteiger partial charge < -0.3 is 16.2 Å². The zero-order chi connectivity index (χ0) is 13.4. The summed E-state index contributed by atoms with van der Waals surface area (Å²) >= 11 is 5.85. The van der Waals surface area contributed by atoms with Gasteiger partial charge in [0.25, 0.3) is 5.91 Å². The Balaban J connectivity index is 2.35. The van der Waals surface area contributed by atoms with Crippen molar-refractivity contribution in [3.05, 3.63) is 28.8 Å². The maximum atomic E-state index is 11.8. The highest BCUT2D eigenvalue weighted by molar-refractivity contribution is 6.33. The predicted molar refractivity (Wildman–Crippen MR) is 73.8 cm³/mol. The number of carbonyl (C=O) groups is 1. The van der Waals surface area contributed by atoms with Crippen LogP contribution >= 0.6 is 11.6 Å². The van der Waals surface area contributed by atoms with Crippen LogP contribution in [-0.2, 0) is 0 Å². The van der Waals surface area contributed by atoms with Gasteiger partial charge in [0.1, 0.15) is 0 Å². The number of nitrogen functional groups attached to an aromatic ring is 1. The minimum Gasteiger partial charge on any atom is -0.397 e. The number of nitrogens with two attached hydrogens (primary N) is 1. The molecule has 1 amide bonds. The number of aliphatic hydroxyl groups excluding tert-OH is 1. The molecule has 0 aliphatic heterocycles. The molecule has 0 heterocycles. The highest BCUT2D eigenvalue weighted by atomic mass is 35.5. The van der Waals surface area contributed by atoms with E-state index in [1.807, 2.05) is 0 Å². The number of halogens is 1. The first-order valence-electron chi connectivity index (χ1n) is 6.10. The third-order valence-corrected chi connectivity index (χ3v) is 3.00. The number of amides is 1. The molecule has 100 valence electrons. The molecule has 1 aromatic rings. The van der Waals surface area contributed by atoms with Crippen molar-refractivity contribution in [2.75, 3.05) is 18.9 Å². The van der Waals surface area contributed by atoms with Gasteiger partial charge in [-0.05, 0) is 25.0 Å². The maximum Gasteiger partial charge on any atom is 0.253 e. The summed E-state index contributed by atoms with van der Waals surface area (Å²) in [4.78, 5) is 11.8. The van der Waals surface area contributed by atoms with Gasteiger partial charge in [-0.15, -0.1) is 0 Å². The van der Waals surface area contributed by atoms with Crippen LogP contribution in [-0.4, -0.2) is 24.2 Å². The van der Waals surface area contributed by atoms with Crippen molar-refractivity contribution in [1.29, 1.82) is 0 Å². The first-order valence-corrected chi connectivity index (χ1v) is 6.47. The van der Waals surface area contributed by atoms with Crippen molar-refractivity contribution < 1.29 is 9.90 Å². The molecule has 0 unspecified atom stereocenters. The lowest BCUT2D eigenvalue weighted by molar-refractivity contribution is 0.0953. The molecule has 4 nitrogen and oxygen atoms in total. The Morgan fingerprint density at radius 2 is 2.00 bits per heavy atom. The van der Waals surface area contributed by atoms with Crippen LogP contribution in [0.25, 0.3) is 0 Å². The largest absolute Gasteiger partial charge is 0.397 e. The lowest BCUT2D eigenvalue weighted by atomic mass is 10.1. The number of aliphatic hydroxyl groups is 1. The molecule has 0 saturated carbocycles. The zero-order valence-electron chi connectivity index (χ0n) is 10.3. The molecule has 0 saturated heterocycles. The number of rotatable bonds is 7. The second-order valence-electron chi connectivity index (χ2n) is 4.09. The van der Waals surface area contributed by atoms with Crippen LogP contribution < -0.4 is 11.1 Å². The quantitative estimate of drug-likeness (QED) is 0.525. The van der Waals surface area contributed by atoms with Crippen molar-refractivity contribution in [2.24, 2.45) is 0 Å². The molecular weight excluding hydrogens is 252 g/mol. The van der Waals surface area contributed by atoms with Crippen molar-refractivity contribution >= 4 is 23.2 Å². The minimum atomic E-state index is -0.197. The van der Waals surface area contributed by atoms with Crippen molar-refractivity contribution in [3.63, 3.8) is 0 Å². The summed E-state index contributed by atoms with van der Waals surface area (Å²) in [6.07, 6.45) is 3.68. The Labute approximate surface area is 112 Å². The molecule has 0 bridgehead atoms. The predicted octanol–water partition coefficient (Wildman–Crippen LogP) is 2.20. The normalized spacial score (nSPS) is 10.3. The van der Waals surface area contributed by atoms with E-state index in [9.17, 15) is 4.79 Å². The van der Waals surface area contributed by atoms with Gasteiger partial charge in [-0.3, -0.25) is 4.79 Å². The number of anilines is 1. The molecule has 0 fully saturated rings. The first-order chi connectivity index (χ1) is 8.66. The van der Waals surface area contributed by atoms with Crippen molar-refractivity contribution in [2.45, 2.75) is 25.7 Å². The second-order valence-corrected chi connectivity index (χ2v) is 4.50. The van der Waals surface area contributed by atoms with Crippen molar-refractivity contribution in [1.82, 2.24) is 5.32 Å². The fraction of sp³-hybridized carbons (Fsp3) is 0.462. The monoisotopic (exact) mass is 270 g/mol. The van der Waals surface area contributed by atoms with Gasteiger partial charge in [0, 0.05) is 13.2 Å². The first kappa shape index (κ1) is 14.8. The fourth-order valence-corrected chi connectivity index (χ4v) is 1.80. The average Bonchev–Trinajstić information content (AvgIpc) is 2.36. The van der Waals surface area contributed by atoms with E-state index in [-0.39, 0.29) is 12.5 Å². The van der Waals surface area contributed by atoms with Crippen LogP contribution in [0.15, 0.2) is 18.2 Å². The Bertz CT molecular complexity index is 397. The highest BCUT2D eigenvalue weighted by Gasteiger charge is 2.10. The minimum absolute atomic E-state index is 0.197. The van der Waals surface area contributed by atoms with Gasteiger partial charge in [0.2, 0.25) is 0 Å². The average molecular weight is 271 g/mol. The van der Waals surface area contributed by atoms with Crippen LogP contribution in [0.2, 0.25) is 5.02 Å². The lowest BCUT2D eigenvalue weighted by Crippen LogP contribution is -2.25. The van der Waals surface area contributed by atoms with E-state index in [0.29, 0.717) is 22.8 Å². The smallest absolute Gasteiger partial charge is 0.253 e. The number of hydrogen-bond acceptors (Lipinski definition) is 3. The van der Waals surface area contributed by atoms with Crippen molar-refractivity contribution in [3.8, 4) is 0 Å².